The van der Waals surface area contributed by atoms with Gasteiger partial charge in [-0.1, -0.05) is 35.3 Å². The van der Waals surface area contributed by atoms with E-state index in [0.29, 0.717) is 10.6 Å². The molecule has 11 heteroatoms. The topological polar surface area (TPSA) is 105 Å². The van der Waals surface area contributed by atoms with Gasteiger partial charge in [-0.05, 0) is 54.1 Å². The second-order valence-corrected chi connectivity index (χ2v) is 10.2. The Hall–Kier alpha value is -2.33. The summed E-state index contributed by atoms with van der Waals surface area (Å²) in [4.78, 5) is 3.87. The molecule has 0 bridgehead atoms. The van der Waals surface area contributed by atoms with Crippen LogP contribution in [0.15, 0.2) is 71.8 Å². The molecule has 3 rings (SSSR count). The molecule has 0 unspecified atom stereocenters. The molecule has 0 saturated carbocycles. The molecule has 0 amide bonds. The van der Waals surface area contributed by atoms with E-state index in [1.807, 2.05) is 0 Å². The van der Waals surface area contributed by atoms with E-state index in [2.05, 4.69) is 14.4 Å². The number of aromatic nitrogens is 1. The highest BCUT2D eigenvalue weighted by molar-refractivity contribution is 7.92. The highest BCUT2D eigenvalue weighted by Crippen LogP contribution is 2.24. The summed E-state index contributed by atoms with van der Waals surface area (Å²) in [7, 11) is -7.62. The van der Waals surface area contributed by atoms with Crippen molar-refractivity contribution in [1.82, 2.24) is 4.98 Å². The molecule has 0 atom stereocenters. The average Bonchev–Trinajstić information content (AvgIpc) is 2.64. The summed E-state index contributed by atoms with van der Waals surface area (Å²) in [6.07, 6.45) is 1.46. The number of nitrogens with one attached hydrogen (secondary N) is 2. The van der Waals surface area contributed by atoms with Crippen LogP contribution in [0, 0.1) is 0 Å². The third-order valence-electron chi connectivity index (χ3n) is 3.70. The number of hydrogen-bond acceptors (Lipinski definition) is 5. The van der Waals surface area contributed by atoms with Crippen molar-refractivity contribution in [1.29, 1.82) is 0 Å². The van der Waals surface area contributed by atoms with E-state index in [9.17, 15) is 16.8 Å². The molecular weight excluding hydrogens is 457 g/mol. The van der Waals surface area contributed by atoms with Crippen LogP contribution in [0.4, 0.5) is 11.5 Å². The molecule has 1 aromatic heterocycles. The summed E-state index contributed by atoms with van der Waals surface area (Å²) in [6.45, 7) is 0. The van der Waals surface area contributed by atoms with Crippen LogP contribution in [0.3, 0.4) is 0 Å². The molecule has 0 radical (unpaired) electrons. The zero-order chi connectivity index (χ0) is 21.1. The minimum Gasteiger partial charge on any atom is -0.283 e. The van der Waals surface area contributed by atoms with Crippen LogP contribution in [0.1, 0.15) is 5.56 Å². The first-order valence-electron chi connectivity index (χ1n) is 8.13. The highest BCUT2D eigenvalue weighted by atomic mass is 35.5. The van der Waals surface area contributed by atoms with Crippen molar-refractivity contribution in [2.45, 2.75) is 10.6 Å². The van der Waals surface area contributed by atoms with Crippen LogP contribution in [-0.2, 0) is 25.8 Å². The maximum Gasteiger partial charge on any atom is 0.263 e. The predicted octanol–water partition coefficient (Wildman–Crippen LogP) is 4.13. The third kappa shape index (κ3) is 5.83. The van der Waals surface area contributed by atoms with Crippen LogP contribution >= 0.6 is 23.2 Å². The summed E-state index contributed by atoms with van der Waals surface area (Å²) >= 11 is 11.8. The lowest BCUT2D eigenvalue weighted by atomic mass is 10.2. The van der Waals surface area contributed by atoms with Crippen molar-refractivity contribution in [2.75, 3.05) is 9.44 Å². The highest BCUT2D eigenvalue weighted by Gasteiger charge is 2.17. The van der Waals surface area contributed by atoms with Gasteiger partial charge < -0.3 is 0 Å². The van der Waals surface area contributed by atoms with Crippen molar-refractivity contribution in [2.24, 2.45) is 0 Å². The first-order valence-corrected chi connectivity index (χ1v) is 12.0. The second kappa shape index (κ2) is 8.58. The molecule has 7 nitrogen and oxygen atoms in total. The van der Waals surface area contributed by atoms with Crippen LogP contribution in [0.2, 0.25) is 10.0 Å². The van der Waals surface area contributed by atoms with Crippen molar-refractivity contribution in [3.05, 3.63) is 82.5 Å². The fourth-order valence-electron chi connectivity index (χ4n) is 2.38. The molecule has 0 fully saturated rings. The Balaban J connectivity index is 1.72. The van der Waals surface area contributed by atoms with Gasteiger partial charge in [0.2, 0.25) is 10.0 Å². The van der Waals surface area contributed by atoms with Crippen LogP contribution < -0.4 is 9.44 Å². The third-order valence-corrected chi connectivity index (χ3v) is 6.90. The van der Waals surface area contributed by atoms with E-state index >= 15 is 0 Å². The molecular formula is C18H15Cl2N3O4S2. The van der Waals surface area contributed by atoms with Gasteiger partial charge >= 0.3 is 0 Å². The Bertz CT molecular complexity index is 1220. The largest absolute Gasteiger partial charge is 0.283 e. The zero-order valence-electron chi connectivity index (χ0n) is 14.7. The summed E-state index contributed by atoms with van der Waals surface area (Å²) < 4.78 is 54.3. The van der Waals surface area contributed by atoms with E-state index < -0.39 is 20.0 Å². The van der Waals surface area contributed by atoms with Crippen molar-refractivity contribution >= 4 is 54.8 Å². The number of pyridine rings is 1. The van der Waals surface area contributed by atoms with Gasteiger partial charge in [0.1, 0.15) is 5.82 Å². The number of nitrogens with zero attached hydrogens (tertiary/aromatic N) is 1. The second-order valence-electron chi connectivity index (χ2n) is 5.94. The monoisotopic (exact) mass is 471 g/mol. The van der Waals surface area contributed by atoms with Crippen molar-refractivity contribution in [3.63, 3.8) is 0 Å². The number of benzene rings is 2. The predicted molar refractivity (Wildman–Crippen MR) is 114 cm³/mol. The van der Waals surface area contributed by atoms with Gasteiger partial charge in [0, 0.05) is 21.9 Å². The lowest BCUT2D eigenvalue weighted by Crippen LogP contribution is -2.16. The van der Waals surface area contributed by atoms with Gasteiger partial charge in [-0.2, -0.15) is 0 Å². The molecule has 2 N–H and O–H groups in total. The zero-order valence-corrected chi connectivity index (χ0v) is 17.9. The van der Waals surface area contributed by atoms with E-state index in [-0.39, 0.29) is 27.2 Å². The van der Waals surface area contributed by atoms with Crippen molar-refractivity contribution in [3.8, 4) is 0 Å². The molecule has 0 saturated heterocycles. The standard InChI is InChI=1S/C18H15Cl2N3O4S2/c19-14-5-4-13(17(20)11-14)12-28(24,25)22-15-6-8-16(9-7-15)29(26,27)23-18-3-1-2-10-21-18/h1-11,22H,12H2,(H,21,23). The molecule has 0 aliphatic carbocycles. The minimum atomic E-state index is -3.85. The van der Waals surface area contributed by atoms with Crippen LogP contribution in [0.25, 0.3) is 0 Å². The van der Waals surface area contributed by atoms with Crippen LogP contribution in [0.5, 0.6) is 0 Å². The fraction of sp³-hybridized carbons (Fsp3) is 0.0556. The van der Waals surface area contributed by atoms with Gasteiger partial charge in [-0.3, -0.25) is 9.44 Å². The van der Waals surface area contributed by atoms with Crippen LogP contribution in [-0.4, -0.2) is 21.8 Å². The average molecular weight is 472 g/mol. The number of hydrogen-bond donors (Lipinski definition) is 2. The minimum absolute atomic E-state index is 0.0353. The molecule has 2 aromatic carbocycles. The summed E-state index contributed by atoms with van der Waals surface area (Å²) in [5.74, 6) is -0.179. The summed E-state index contributed by atoms with van der Waals surface area (Å²) in [5, 5.41) is 0.644. The lowest BCUT2D eigenvalue weighted by Gasteiger charge is -2.11. The Morgan fingerprint density at radius 1 is 0.862 bits per heavy atom. The van der Waals surface area contributed by atoms with Gasteiger partial charge in [0.05, 0.1) is 10.6 Å². The molecule has 29 heavy (non-hydrogen) atoms. The van der Waals surface area contributed by atoms with Gasteiger partial charge in [-0.25, -0.2) is 21.8 Å². The normalized spacial score (nSPS) is 11.8. The molecule has 152 valence electrons. The van der Waals surface area contributed by atoms with E-state index in [1.54, 1.807) is 18.2 Å². The van der Waals surface area contributed by atoms with E-state index in [4.69, 9.17) is 23.2 Å². The van der Waals surface area contributed by atoms with E-state index in [1.165, 1.54) is 48.7 Å². The molecule has 0 aliphatic heterocycles. The maximum absolute atomic E-state index is 12.4. The van der Waals surface area contributed by atoms with Gasteiger partial charge in [0.15, 0.2) is 0 Å². The summed E-state index contributed by atoms with van der Waals surface area (Å²) in [6, 6.07) is 14.7. The number of anilines is 2. The Morgan fingerprint density at radius 2 is 1.59 bits per heavy atom. The number of sulfonamides is 2. The lowest BCUT2D eigenvalue weighted by molar-refractivity contribution is 0.599. The first-order chi connectivity index (χ1) is 13.6. The van der Waals surface area contributed by atoms with Crippen molar-refractivity contribution < 1.29 is 16.8 Å². The molecule has 1 heterocycles. The quantitative estimate of drug-likeness (QED) is 0.538. The maximum atomic E-state index is 12.4. The fourth-order valence-corrected chi connectivity index (χ4v) is 5.17. The smallest absolute Gasteiger partial charge is 0.263 e. The summed E-state index contributed by atoms with van der Waals surface area (Å²) in [5.41, 5.74) is 0.606. The SMILES string of the molecule is O=S(=O)(Cc1ccc(Cl)cc1Cl)Nc1ccc(S(=O)(=O)Nc2ccccn2)cc1. The molecule has 0 spiro atoms. The van der Waals surface area contributed by atoms with Gasteiger partial charge in [-0.15, -0.1) is 0 Å². The molecule has 0 aliphatic rings. The van der Waals surface area contributed by atoms with Gasteiger partial charge in [0.25, 0.3) is 10.0 Å². The number of halogens is 2. The number of rotatable bonds is 7. The first kappa shape index (κ1) is 21.4. The Labute approximate surface area is 178 Å². The molecule has 3 aromatic rings. The van der Waals surface area contributed by atoms with E-state index in [0.717, 1.165) is 0 Å². The Morgan fingerprint density at radius 3 is 2.21 bits per heavy atom. The Kier molecular flexibility index (Phi) is 6.33.